The number of rotatable bonds is 18. The number of aryl methyl sites for hydroxylation is 8. The third kappa shape index (κ3) is 13.0. The Morgan fingerprint density at radius 2 is 0.802 bits per heavy atom. The van der Waals surface area contributed by atoms with Crippen LogP contribution in [-0.2, 0) is 36.5 Å². The van der Waals surface area contributed by atoms with E-state index in [-0.39, 0.29) is 10.8 Å². The first-order valence-corrected chi connectivity index (χ1v) is 38.2. The molecule has 0 saturated carbocycles. The smallest absolute Gasteiger partial charge is 0.0467 e. The summed E-state index contributed by atoms with van der Waals surface area (Å²) in [6.45, 7) is 20.8. The van der Waals surface area contributed by atoms with Crippen molar-refractivity contribution in [3.63, 3.8) is 0 Å². The zero-order chi connectivity index (χ0) is 69.4. The van der Waals surface area contributed by atoms with Crippen LogP contribution < -0.4 is 9.80 Å². The first kappa shape index (κ1) is 67.1. The molecule has 0 aliphatic heterocycles. The first-order valence-electron chi connectivity index (χ1n) is 38.2. The van der Waals surface area contributed by atoms with Gasteiger partial charge in [-0.1, -0.05) is 230 Å². The van der Waals surface area contributed by atoms with Crippen molar-refractivity contribution in [2.75, 3.05) is 9.80 Å². The molecule has 0 N–H and O–H groups in total. The standard InChI is InChI=1S/C61H65N.C38H35N/c1-8-10-18-32-61(33-19-11-9-2)55-25-17-16-24-53(55)59-52-23-15-14-22-49(52)54(39-58(59)61)45-27-30-50-51-31-29-47(38-57(51)60(6,7)56(50)37-45)62(48-34-40(3)42(5)41(4)35-48)46-28-26-43-20-12-13-21-44(43)36-46;1-28-12-22-37(26-29(28)2)39(38-25-21-33-10-6-7-11-35(33)27-38)36-23-17-31(18-24-36)14-13-30-15-19-34(20-16-30)32-8-4-3-5-9-32/h14-17,22-31,34-39H,8-13,18-21,32-33H2,1-7H3;3-5,8-9,12-27H,6-7,10-11H2,1-2H3/b;14-13+. The van der Waals surface area contributed by atoms with Gasteiger partial charge in [0, 0.05) is 45.0 Å². The molecule has 4 aliphatic carbocycles. The Morgan fingerprint density at radius 3 is 1.43 bits per heavy atom. The second kappa shape index (κ2) is 28.7. The molecule has 0 saturated heterocycles. The predicted octanol–water partition coefficient (Wildman–Crippen LogP) is 28.0. The van der Waals surface area contributed by atoms with Crippen LogP contribution in [0.1, 0.15) is 188 Å². The number of fused-ring (bicyclic) bond motifs is 10. The molecule has 2 heteroatoms. The molecule has 0 heterocycles. The quantitative estimate of drug-likeness (QED) is 0.0624. The Morgan fingerprint density at radius 1 is 0.327 bits per heavy atom. The molecule has 0 aromatic heterocycles. The number of unbranched alkanes of at least 4 members (excludes halogenated alkanes) is 4. The van der Waals surface area contributed by atoms with E-state index in [0.717, 1.165) is 0 Å². The second-order valence-corrected chi connectivity index (χ2v) is 30.4. The SMILES string of the molecule is CCCCCC1(CCCCC)c2ccccc2-c2c1cc(-c1ccc3c(c1)C(C)(C)c1cc(N(c4cc(C)c(C)c(C)c4)c4ccc5c(c4)CCCC5)ccc1-3)c1ccccc21.Cc1ccc(N(c2ccc(/C=C/c3ccc(-c4ccccc4)cc3)cc2)c2ccc3c(c2)CCCC3)cc1C. The Labute approximate surface area is 603 Å². The van der Waals surface area contributed by atoms with E-state index in [4.69, 9.17) is 0 Å². The lowest BCUT2D eigenvalue weighted by Crippen LogP contribution is -2.25. The van der Waals surface area contributed by atoms with Crippen LogP contribution in [0.4, 0.5) is 34.1 Å². The molecule has 12 aromatic rings. The van der Waals surface area contributed by atoms with Gasteiger partial charge < -0.3 is 9.80 Å². The summed E-state index contributed by atoms with van der Waals surface area (Å²) in [4.78, 5) is 4.93. The lowest BCUT2D eigenvalue weighted by Gasteiger charge is -2.33. The normalized spacial score (nSPS) is 14.3. The van der Waals surface area contributed by atoms with Crippen LogP contribution in [0.3, 0.4) is 0 Å². The summed E-state index contributed by atoms with van der Waals surface area (Å²) in [7, 11) is 0. The van der Waals surface area contributed by atoms with Gasteiger partial charge in [-0.15, -0.1) is 0 Å². The van der Waals surface area contributed by atoms with Gasteiger partial charge in [-0.2, -0.15) is 0 Å². The van der Waals surface area contributed by atoms with Crippen LogP contribution >= 0.6 is 0 Å². The molecule has 506 valence electrons. The number of hydrogen-bond donors (Lipinski definition) is 0. The minimum Gasteiger partial charge on any atom is -0.310 e. The summed E-state index contributed by atoms with van der Waals surface area (Å²) in [6, 6.07) is 90.2. The fraction of sp³-hybridized carbons (Fsp3) is 0.273. The van der Waals surface area contributed by atoms with Crippen molar-refractivity contribution in [2.24, 2.45) is 0 Å². The van der Waals surface area contributed by atoms with Gasteiger partial charge in [-0.05, 0) is 322 Å². The van der Waals surface area contributed by atoms with Gasteiger partial charge in [-0.25, -0.2) is 0 Å². The second-order valence-electron chi connectivity index (χ2n) is 30.4. The van der Waals surface area contributed by atoms with Gasteiger partial charge >= 0.3 is 0 Å². The van der Waals surface area contributed by atoms with E-state index in [9.17, 15) is 0 Å². The Bertz CT molecular complexity index is 5020. The third-order valence-electron chi connectivity index (χ3n) is 23.7. The highest BCUT2D eigenvalue weighted by Gasteiger charge is 2.44. The molecule has 0 fully saturated rings. The van der Waals surface area contributed by atoms with Crippen molar-refractivity contribution in [1.82, 2.24) is 0 Å². The summed E-state index contributed by atoms with van der Waals surface area (Å²) in [5.41, 5.74) is 39.2. The van der Waals surface area contributed by atoms with Crippen molar-refractivity contribution < 1.29 is 0 Å². The van der Waals surface area contributed by atoms with Crippen LogP contribution in [0, 0.1) is 34.6 Å². The minimum absolute atomic E-state index is 0.0378. The lowest BCUT2D eigenvalue weighted by molar-refractivity contribution is 0.405. The number of anilines is 6. The molecule has 101 heavy (non-hydrogen) atoms. The van der Waals surface area contributed by atoms with E-state index < -0.39 is 0 Å². The minimum atomic E-state index is -0.176. The molecule has 4 aliphatic rings. The molecule has 0 unspecified atom stereocenters. The van der Waals surface area contributed by atoms with Crippen LogP contribution in [0.25, 0.3) is 67.4 Å². The van der Waals surface area contributed by atoms with E-state index in [0.29, 0.717) is 0 Å². The summed E-state index contributed by atoms with van der Waals surface area (Å²) in [5, 5.41) is 2.76. The van der Waals surface area contributed by atoms with Gasteiger partial charge in [0.2, 0.25) is 0 Å². The largest absolute Gasteiger partial charge is 0.310 e. The van der Waals surface area contributed by atoms with Gasteiger partial charge in [0.05, 0.1) is 0 Å². The molecule has 2 nitrogen and oxygen atoms in total. The fourth-order valence-electron chi connectivity index (χ4n) is 17.6. The Kier molecular flexibility index (Phi) is 19.1. The van der Waals surface area contributed by atoms with Crippen LogP contribution in [0.15, 0.2) is 237 Å². The van der Waals surface area contributed by atoms with Crippen molar-refractivity contribution in [2.45, 2.75) is 176 Å². The highest BCUT2D eigenvalue weighted by Crippen LogP contribution is 2.59. The predicted molar refractivity (Wildman–Crippen MR) is 435 cm³/mol. The van der Waals surface area contributed by atoms with E-state index in [1.54, 1.807) is 11.1 Å². The highest BCUT2D eigenvalue weighted by atomic mass is 15.1. The average molecular weight is 1320 g/mol. The Balaban J connectivity index is 0.000000182. The molecule has 0 atom stereocenters. The monoisotopic (exact) mass is 1320 g/mol. The molecular formula is C99H100N2. The maximum Gasteiger partial charge on any atom is 0.0467 e. The van der Waals surface area contributed by atoms with Crippen molar-refractivity contribution in [3.8, 4) is 44.5 Å². The molecular weight excluding hydrogens is 1220 g/mol. The van der Waals surface area contributed by atoms with Crippen molar-refractivity contribution in [1.29, 1.82) is 0 Å². The van der Waals surface area contributed by atoms with Gasteiger partial charge in [0.25, 0.3) is 0 Å². The highest BCUT2D eigenvalue weighted by molar-refractivity contribution is 6.09. The van der Waals surface area contributed by atoms with Crippen LogP contribution in [0.5, 0.6) is 0 Å². The first-order chi connectivity index (χ1) is 49.3. The molecule has 0 radical (unpaired) electrons. The topological polar surface area (TPSA) is 6.48 Å². The Hall–Kier alpha value is -9.76. The summed E-state index contributed by atoms with van der Waals surface area (Å²) >= 11 is 0. The zero-order valence-electron chi connectivity index (χ0n) is 61.4. The summed E-state index contributed by atoms with van der Waals surface area (Å²) < 4.78 is 0. The van der Waals surface area contributed by atoms with Gasteiger partial charge in [-0.3, -0.25) is 0 Å². The lowest BCUT2D eigenvalue weighted by atomic mass is 9.70. The third-order valence-corrected chi connectivity index (χ3v) is 23.7. The van der Waals surface area contributed by atoms with Crippen molar-refractivity contribution >= 4 is 57.0 Å². The van der Waals surface area contributed by atoms with Crippen LogP contribution in [0.2, 0.25) is 0 Å². The maximum atomic E-state index is 2.66. The maximum absolute atomic E-state index is 2.66. The van der Waals surface area contributed by atoms with Gasteiger partial charge in [0.1, 0.15) is 0 Å². The average Bonchev–Trinajstić information content (AvgIpc) is 1.56. The van der Waals surface area contributed by atoms with Crippen molar-refractivity contribution in [3.05, 3.63) is 320 Å². The van der Waals surface area contributed by atoms with E-state index >= 15 is 0 Å². The summed E-state index contributed by atoms with van der Waals surface area (Å²) in [6.07, 6.45) is 24.3. The number of benzene rings is 12. The van der Waals surface area contributed by atoms with E-state index in [2.05, 4.69) is 321 Å². The fourth-order valence-corrected chi connectivity index (χ4v) is 17.6. The molecule has 0 amide bonds. The number of hydrogen-bond acceptors (Lipinski definition) is 2. The molecule has 0 spiro atoms. The number of nitrogens with zero attached hydrogens (tertiary/aromatic N) is 2. The zero-order valence-corrected chi connectivity index (χ0v) is 61.4. The molecule has 16 rings (SSSR count). The summed E-state index contributed by atoms with van der Waals surface area (Å²) in [5.74, 6) is 0. The molecule has 12 aromatic carbocycles. The van der Waals surface area contributed by atoms with Gasteiger partial charge in [0.15, 0.2) is 0 Å². The van der Waals surface area contributed by atoms with Crippen LogP contribution in [-0.4, -0.2) is 0 Å². The van der Waals surface area contributed by atoms with E-state index in [1.165, 1.54) is 264 Å². The molecule has 0 bridgehead atoms. The van der Waals surface area contributed by atoms with E-state index in [1.807, 2.05) is 0 Å².